The molecule has 6 heteroatoms. The van der Waals surface area contributed by atoms with Crippen molar-refractivity contribution in [3.63, 3.8) is 0 Å². The Morgan fingerprint density at radius 3 is 2.74 bits per heavy atom. The normalized spacial score (nSPS) is 26.6. The van der Waals surface area contributed by atoms with Gasteiger partial charge in [-0.05, 0) is 43.9 Å². The van der Waals surface area contributed by atoms with Crippen LogP contribution in [-0.4, -0.2) is 36.9 Å². The number of fused-ring (bicyclic) bond motifs is 2. The number of aliphatic hydroxyl groups excluding tert-OH is 1. The second-order valence-electron chi connectivity index (χ2n) is 7.57. The molecule has 1 heterocycles. The van der Waals surface area contributed by atoms with Crippen LogP contribution in [0.4, 0.5) is 5.69 Å². The molecule has 6 nitrogen and oxygen atoms in total. The molecule has 1 aliphatic carbocycles. The van der Waals surface area contributed by atoms with Crippen LogP contribution in [0.1, 0.15) is 32.3 Å². The maximum atomic E-state index is 13.3. The third-order valence-corrected chi connectivity index (χ3v) is 6.05. The number of carbonyl (C=O) groups excluding carboxylic acids is 1. The van der Waals surface area contributed by atoms with Crippen molar-refractivity contribution in [2.45, 2.75) is 38.2 Å². The lowest BCUT2D eigenvalue weighted by Gasteiger charge is -2.41. The van der Waals surface area contributed by atoms with Crippen LogP contribution >= 0.6 is 0 Å². The van der Waals surface area contributed by atoms with Gasteiger partial charge in [0.15, 0.2) is 0 Å². The smallest absolute Gasteiger partial charge is 0.238 e. The number of hydrogen-bond donors (Lipinski definition) is 3. The zero-order valence-electron chi connectivity index (χ0n) is 16.0. The van der Waals surface area contributed by atoms with Gasteiger partial charge in [0.2, 0.25) is 5.91 Å². The standard InChI is InChI=1S/C21H26N4O2/c1-13(10-22)16(11-23)14(2)18(24-3)12-25-19-7-5-4-6-17(19)21(20(25)27)8-15(26)9-21/h4-7,11,13,15-16,23-24,26H,8-9,12H2,1-3H3/b18-14+,23-11?/t13?,15?,16-,21?/m1/s1. The van der Waals surface area contributed by atoms with E-state index in [1.54, 1.807) is 18.9 Å². The molecule has 1 unspecified atom stereocenters. The van der Waals surface area contributed by atoms with Gasteiger partial charge in [-0.15, -0.1) is 0 Å². The number of rotatable bonds is 6. The number of nitrogens with zero attached hydrogens (tertiary/aromatic N) is 2. The summed E-state index contributed by atoms with van der Waals surface area (Å²) in [5.41, 5.74) is 2.99. The van der Waals surface area contributed by atoms with Gasteiger partial charge < -0.3 is 20.7 Å². The highest BCUT2D eigenvalue weighted by atomic mass is 16.3. The molecule has 0 saturated heterocycles. The number of aliphatic hydroxyl groups is 1. The summed E-state index contributed by atoms with van der Waals surface area (Å²) in [6.07, 6.45) is 1.79. The molecule has 1 aliphatic heterocycles. The molecule has 2 atom stereocenters. The molecule has 0 bridgehead atoms. The van der Waals surface area contributed by atoms with E-state index in [4.69, 9.17) is 5.41 Å². The minimum atomic E-state index is -0.607. The number of para-hydroxylation sites is 1. The van der Waals surface area contributed by atoms with Gasteiger partial charge in [-0.1, -0.05) is 18.2 Å². The number of benzene rings is 1. The van der Waals surface area contributed by atoms with Crippen LogP contribution in [0.25, 0.3) is 0 Å². The molecule has 1 saturated carbocycles. The number of hydrogen-bond acceptors (Lipinski definition) is 5. The van der Waals surface area contributed by atoms with Gasteiger partial charge >= 0.3 is 0 Å². The highest BCUT2D eigenvalue weighted by Crippen LogP contribution is 2.53. The predicted molar refractivity (Wildman–Crippen MR) is 105 cm³/mol. The number of amides is 1. The van der Waals surface area contributed by atoms with E-state index in [1.165, 1.54) is 6.21 Å². The third-order valence-electron chi connectivity index (χ3n) is 6.05. The van der Waals surface area contributed by atoms with Crippen LogP contribution in [0.2, 0.25) is 0 Å². The lowest BCUT2D eigenvalue weighted by molar-refractivity contribution is -0.130. The van der Waals surface area contributed by atoms with Gasteiger partial charge in [0.1, 0.15) is 0 Å². The van der Waals surface area contributed by atoms with Crippen LogP contribution in [0.5, 0.6) is 0 Å². The summed E-state index contributed by atoms with van der Waals surface area (Å²) < 4.78 is 0. The van der Waals surface area contributed by atoms with Crippen molar-refractivity contribution in [3.8, 4) is 6.07 Å². The second-order valence-corrected chi connectivity index (χ2v) is 7.57. The van der Waals surface area contributed by atoms with E-state index < -0.39 is 11.5 Å². The van der Waals surface area contributed by atoms with Crippen LogP contribution in [0.15, 0.2) is 35.5 Å². The average Bonchev–Trinajstić information content (AvgIpc) is 2.89. The summed E-state index contributed by atoms with van der Waals surface area (Å²) in [6, 6.07) is 9.98. The lowest BCUT2D eigenvalue weighted by Crippen LogP contribution is -2.52. The van der Waals surface area contributed by atoms with Crippen LogP contribution in [-0.2, 0) is 10.2 Å². The Bertz CT molecular complexity index is 833. The van der Waals surface area contributed by atoms with E-state index in [9.17, 15) is 15.2 Å². The summed E-state index contributed by atoms with van der Waals surface area (Å²) in [7, 11) is 1.80. The highest BCUT2D eigenvalue weighted by Gasteiger charge is 2.58. The number of carbonyl (C=O) groups is 1. The molecule has 1 fully saturated rings. The first kappa shape index (κ1) is 19.1. The minimum absolute atomic E-state index is 0.0225. The van der Waals surface area contributed by atoms with Crippen LogP contribution in [0.3, 0.4) is 0 Å². The third kappa shape index (κ3) is 2.92. The Labute approximate surface area is 160 Å². The summed E-state index contributed by atoms with van der Waals surface area (Å²) in [5.74, 6) is -0.597. The maximum Gasteiger partial charge on any atom is 0.238 e. The summed E-state index contributed by atoms with van der Waals surface area (Å²) in [4.78, 5) is 15.1. The van der Waals surface area contributed by atoms with Gasteiger partial charge in [0.05, 0.1) is 30.1 Å². The highest BCUT2D eigenvalue weighted by molar-refractivity contribution is 6.09. The maximum absolute atomic E-state index is 13.3. The van der Waals surface area contributed by atoms with E-state index in [0.29, 0.717) is 19.4 Å². The Morgan fingerprint density at radius 2 is 2.19 bits per heavy atom. The molecule has 0 aromatic heterocycles. The fourth-order valence-corrected chi connectivity index (χ4v) is 4.38. The van der Waals surface area contributed by atoms with Crippen molar-refractivity contribution >= 4 is 17.8 Å². The molecule has 142 valence electrons. The Morgan fingerprint density at radius 1 is 1.52 bits per heavy atom. The molecular formula is C21H26N4O2. The molecule has 0 radical (unpaired) electrons. The summed E-state index contributed by atoms with van der Waals surface area (Å²) >= 11 is 0. The Hall–Kier alpha value is -2.65. The molecule has 1 aromatic rings. The van der Waals surface area contributed by atoms with Gasteiger partial charge in [-0.25, -0.2) is 0 Å². The predicted octanol–water partition coefficient (Wildman–Crippen LogP) is 2.34. The fraction of sp³-hybridized carbons (Fsp3) is 0.476. The quantitative estimate of drug-likeness (QED) is 0.673. The molecule has 1 spiro atoms. The first-order chi connectivity index (χ1) is 12.9. The van der Waals surface area contributed by atoms with Gasteiger partial charge in [-0.3, -0.25) is 4.79 Å². The van der Waals surface area contributed by atoms with E-state index in [0.717, 1.165) is 22.5 Å². The second kappa shape index (κ2) is 7.16. The number of likely N-dealkylation sites (N-methyl/N-ethyl adjacent to an activating group) is 1. The zero-order valence-corrected chi connectivity index (χ0v) is 16.0. The van der Waals surface area contributed by atoms with Crippen molar-refractivity contribution in [1.29, 1.82) is 10.7 Å². The van der Waals surface area contributed by atoms with Crippen molar-refractivity contribution in [2.75, 3.05) is 18.5 Å². The van der Waals surface area contributed by atoms with Crippen molar-refractivity contribution in [3.05, 3.63) is 41.1 Å². The number of allylic oxidation sites excluding steroid dienone is 1. The van der Waals surface area contributed by atoms with Gasteiger partial charge in [0.25, 0.3) is 0 Å². The molecular weight excluding hydrogens is 340 g/mol. The molecule has 2 aliphatic rings. The zero-order chi connectivity index (χ0) is 19.8. The first-order valence-corrected chi connectivity index (χ1v) is 9.26. The number of nitriles is 1. The van der Waals surface area contributed by atoms with Crippen LogP contribution in [0, 0.1) is 28.6 Å². The molecule has 3 rings (SSSR count). The first-order valence-electron chi connectivity index (χ1n) is 9.26. The molecule has 27 heavy (non-hydrogen) atoms. The fourth-order valence-electron chi connectivity index (χ4n) is 4.38. The Kier molecular flexibility index (Phi) is 5.07. The lowest BCUT2D eigenvalue weighted by atomic mass is 9.63. The largest absolute Gasteiger partial charge is 0.393 e. The SMILES string of the molecule is CN/C(CN1C(=O)C2(CC(O)C2)c2ccccc21)=C(\C)[C@H](C=N)C(C)C#N. The van der Waals surface area contributed by atoms with Crippen molar-refractivity contribution in [1.82, 2.24) is 5.32 Å². The molecule has 1 amide bonds. The topological polar surface area (TPSA) is 100 Å². The van der Waals surface area contributed by atoms with E-state index in [1.807, 2.05) is 31.2 Å². The summed E-state index contributed by atoms with van der Waals surface area (Å²) in [6.45, 7) is 4.07. The van der Waals surface area contributed by atoms with Crippen LogP contribution < -0.4 is 10.2 Å². The monoisotopic (exact) mass is 366 g/mol. The van der Waals surface area contributed by atoms with Crippen molar-refractivity contribution < 1.29 is 9.90 Å². The van der Waals surface area contributed by atoms with Gasteiger partial charge in [0, 0.05) is 30.6 Å². The van der Waals surface area contributed by atoms with Gasteiger partial charge in [-0.2, -0.15) is 5.26 Å². The molecule has 1 aromatic carbocycles. The van der Waals surface area contributed by atoms with E-state index in [2.05, 4.69) is 11.4 Å². The van der Waals surface area contributed by atoms with E-state index >= 15 is 0 Å². The average molecular weight is 366 g/mol. The Balaban J connectivity index is 1.97. The minimum Gasteiger partial charge on any atom is -0.393 e. The molecule has 3 N–H and O–H groups in total. The number of nitrogens with one attached hydrogen (secondary N) is 2. The summed E-state index contributed by atoms with van der Waals surface area (Å²) in [5, 5.41) is 30.0. The number of anilines is 1. The van der Waals surface area contributed by atoms with E-state index in [-0.39, 0.29) is 17.7 Å². The van der Waals surface area contributed by atoms with Crippen molar-refractivity contribution in [2.24, 2.45) is 11.8 Å².